The molecule has 1 spiro atoms. The van der Waals surface area contributed by atoms with Crippen molar-refractivity contribution >= 4 is 43.2 Å². The molecule has 0 bridgehead atoms. The average molecular weight is 659 g/mol. The number of benzene rings is 3. The number of halogens is 1. The van der Waals surface area contributed by atoms with Gasteiger partial charge in [0.05, 0.1) is 40.1 Å². The highest BCUT2D eigenvalue weighted by molar-refractivity contribution is 7.92. The summed E-state index contributed by atoms with van der Waals surface area (Å²) in [5.74, 6) is -0.430. The number of amides is 1. The molecule has 11 nitrogen and oxygen atoms in total. The number of ether oxygens (including phenoxy) is 2. The van der Waals surface area contributed by atoms with Gasteiger partial charge in [-0.25, -0.2) is 30.3 Å². The van der Waals surface area contributed by atoms with Crippen molar-refractivity contribution in [3.05, 3.63) is 78.1 Å². The number of nitrogens with zero attached hydrogens (tertiary/aromatic N) is 3. The molecule has 2 fully saturated rings. The van der Waals surface area contributed by atoms with Crippen molar-refractivity contribution in [2.24, 2.45) is 0 Å². The minimum atomic E-state index is -4.04. The lowest BCUT2D eigenvalue weighted by molar-refractivity contribution is 0.0876. The Morgan fingerprint density at radius 2 is 1.67 bits per heavy atom. The Hall–Kier alpha value is -3.72. The molecule has 6 rings (SSSR count). The van der Waals surface area contributed by atoms with E-state index < -0.39 is 37.4 Å². The lowest BCUT2D eigenvalue weighted by atomic mass is 9.74. The Labute approximate surface area is 262 Å². The molecule has 3 aromatic carbocycles. The normalized spacial score (nSPS) is 19.6. The molecule has 0 aliphatic carbocycles. The van der Waals surface area contributed by atoms with Crippen LogP contribution < -0.4 is 14.5 Å². The lowest BCUT2D eigenvalue weighted by Crippen LogP contribution is -2.46. The van der Waals surface area contributed by atoms with E-state index in [1.807, 2.05) is 12.1 Å². The van der Waals surface area contributed by atoms with Crippen LogP contribution in [0.4, 0.5) is 26.2 Å². The molecule has 45 heavy (non-hydrogen) atoms. The van der Waals surface area contributed by atoms with Crippen LogP contribution in [0.3, 0.4) is 0 Å². The van der Waals surface area contributed by atoms with E-state index in [2.05, 4.69) is 9.62 Å². The van der Waals surface area contributed by atoms with Gasteiger partial charge in [0.25, 0.3) is 10.0 Å². The fourth-order valence-electron chi connectivity index (χ4n) is 6.27. The highest BCUT2D eigenvalue weighted by atomic mass is 32.2. The average Bonchev–Trinajstić information content (AvgIpc) is 3.64. The van der Waals surface area contributed by atoms with E-state index in [0.717, 1.165) is 9.87 Å². The van der Waals surface area contributed by atoms with Crippen LogP contribution in [0.15, 0.2) is 76.5 Å². The maximum atomic E-state index is 14.4. The topological polar surface area (TPSA) is 126 Å². The predicted molar refractivity (Wildman–Crippen MR) is 167 cm³/mol. The van der Waals surface area contributed by atoms with Gasteiger partial charge in [0.2, 0.25) is 10.0 Å². The SMILES string of the molecule is CN(C)S(=O)(=O)c1ccc(S(=O)(=O)Nc2ccccc2N2CCC3(CC2)CN(C(=O)OC2CCOC2)c2cc(F)ccc23)cc1. The lowest BCUT2D eigenvalue weighted by Gasteiger charge is -2.41. The molecular weight excluding hydrogens is 623 g/mol. The van der Waals surface area contributed by atoms with Crippen molar-refractivity contribution in [1.82, 2.24) is 4.31 Å². The van der Waals surface area contributed by atoms with E-state index in [9.17, 15) is 26.0 Å². The number of hydrogen-bond donors (Lipinski definition) is 1. The van der Waals surface area contributed by atoms with Crippen molar-refractivity contribution in [2.45, 2.75) is 40.6 Å². The summed E-state index contributed by atoms with van der Waals surface area (Å²) in [6.45, 7) is 2.37. The summed E-state index contributed by atoms with van der Waals surface area (Å²) in [6, 6.07) is 16.7. The number of hydrogen-bond acceptors (Lipinski definition) is 8. The van der Waals surface area contributed by atoms with Crippen LogP contribution >= 0.6 is 0 Å². The second-order valence-corrected chi connectivity index (χ2v) is 15.6. The maximum absolute atomic E-state index is 14.4. The third kappa shape index (κ3) is 5.99. The zero-order valence-corrected chi connectivity index (χ0v) is 26.6. The van der Waals surface area contributed by atoms with Crippen LogP contribution in [0.2, 0.25) is 0 Å². The van der Waals surface area contributed by atoms with E-state index in [1.54, 1.807) is 18.2 Å². The molecular formula is C31H35FN4O7S2. The molecule has 0 radical (unpaired) electrons. The van der Waals surface area contributed by atoms with Crippen LogP contribution in [0, 0.1) is 5.82 Å². The minimum absolute atomic E-state index is 0.00954. The molecule has 3 aliphatic rings. The van der Waals surface area contributed by atoms with E-state index in [0.29, 0.717) is 69.2 Å². The molecule has 0 saturated carbocycles. The number of rotatable bonds is 7. The number of carbonyl (C=O) groups excluding carboxylic acids is 1. The molecule has 0 aromatic heterocycles. The largest absolute Gasteiger partial charge is 0.443 e. The van der Waals surface area contributed by atoms with Crippen LogP contribution in [-0.4, -0.2) is 80.3 Å². The third-order valence-electron chi connectivity index (χ3n) is 8.78. The Morgan fingerprint density at radius 3 is 2.33 bits per heavy atom. The van der Waals surface area contributed by atoms with Crippen LogP contribution in [-0.2, 0) is 34.9 Å². The van der Waals surface area contributed by atoms with Gasteiger partial charge in [-0.2, -0.15) is 0 Å². The first-order valence-electron chi connectivity index (χ1n) is 14.6. The van der Waals surface area contributed by atoms with Gasteiger partial charge in [-0.3, -0.25) is 9.62 Å². The van der Waals surface area contributed by atoms with E-state index in [4.69, 9.17) is 9.47 Å². The molecule has 1 amide bonds. The standard InChI is InChI=1S/C31H35FN4O7S2/c1-34(2)45(40,41)25-10-8-24(9-11-25)44(38,39)33-27-5-3-4-6-28(27)35-16-14-31(15-17-35)21-36(29-19-22(32)7-12-26(29)31)30(37)43-23-13-18-42-20-23/h3-12,19,23,33H,13-18,20-21H2,1-2H3. The molecule has 3 heterocycles. The van der Waals surface area contributed by atoms with Gasteiger partial charge in [-0.05, 0) is 66.9 Å². The maximum Gasteiger partial charge on any atom is 0.414 e. The van der Waals surface area contributed by atoms with Gasteiger partial charge >= 0.3 is 6.09 Å². The Kier molecular flexibility index (Phi) is 8.27. The van der Waals surface area contributed by atoms with Gasteiger partial charge in [-0.1, -0.05) is 18.2 Å². The van der Waals surface area contributed by atoms with Crippen LogP contribution in [0.25, 0.3) is 0 Å². The number of para-hydroxylation sites is 2. The zero-order valence-electron chi connectivity index (χ0n) is 25.0. The van der Waals surface area contributed by atoms with Crippen molar-refractivity contribution in [3.63, 3.8) is 0 Å². The van der Waals surface area contributed by atoms with Gasteiger partial charge < -0.3 is 14.4 Å². The van der Waals surface area contributed by atoms with Gasteiger partial charge in [0.15, 0.2) is 0 Å². The molecule has 3 aliphatic heterocycles. The summed E-state index contributed by atoms with van der Waals surface area (Å²) in [5.41, 5.74) is 2.09. The molecule has 14 heteroatoms. The van der Waals surface area contributed by atoms with Crippen molar-refractivity contribution in [3.8, 4) is 0 Å². The fourth-order valence-corrected chi connectivity index (χ4v) is 8.24. The monoisotopic (exact) mass is 658 g/mol. The summed E-state index contributed by atoms with van der Waals surface area (Å²) in [6.07, 6.45) is 1.08. The molecule has 1 atom stereocenters. The number of sulfonamides is 2. The molecule has 240 valence electrons. The fraction of sp³-hybridized carbons (Fsp3) is 0.387. The highest BCUT2D eigenvalue weighted by Gasteiger charge is 2.47. The molecule has 3 aromatic rings. The van der Waals surface area contributed by atoms with Gasteiger partial charge in [0.1, 0.15) is 11.9 Å². The number of carbonyl (C=O) groups is 1. The van der Waals surface area contributed by atoms with Crippen molar-refractivity contribution < 1.29 is 35.5 Å². The number of fused-ring (bicyclic) bond motifs is 2. The molecule has 2 saturated heterocycles. The van der Waals surface area contributed by atoms with Crippen molar-refractivity contribution in [1.29, 1.82) is 0 Å². The van der Waals surface area contributed by atoms with E-state index in [-0.39, 0.29) is 15.9 Å². The Morgan fingerprint density at radius 1 is 0.978 bits per heavy atom. The first-order valence-corrected chi connectivity index (χ1v) is 17.6. The summed E-state index contributed by atoms with van der Waals surface area (Å²) in [7, 11) is -4.93. The second-order valence-electron chi connectivity index (χ2n) is 11.8. The highest BCUT2D eigenvalue weighted by Crippen LogP contribution is 2.48. The summed E-state index contributed by atoms with van der Waals surface area (Å²) >= 11 is 0. The number of piperidine rings is 1. The first kappa shape index (κ1) is 31.3. The van der Waals surface area contributed by atoms with Crippen LogP contribution in [0.1, 0.15) is 24.8 Å². The van der Waals surface area contributed by atoms with Crippen LogP contribution in [0.5, 0.6) is 0 Å². The molecule has 1 N–H and O–H groups in total. The summed E-state index contributed by atoms with van der Waals surface area (Å²) in [4.78, 5) is 16.7. The predicted octanol–water partition coefficient (Wildman–Crippen LogP) is 4.16. The Bertz CT molecular complexity index is 1800. The molecule has 1 unspecified atom stereocenters. The van der Waals surface area contributed by atoms with E-state index >= 15 is 0 Å². The third-order valence-corrected chi connectivity index (χ3v) is 12.0. The minimum Gasteiger partial charge on any atom is -0.443 e. The van der Waals surface area contributed by atoms with Gasteiger partial charge in [0, 0.05) is 45.6 Å². The second kappa shape index (κ2) is 11.9. The van der Waals surface area contributed by atoms with Crippen molar-refractivity contribution in [2.75, 3.05) is 61.5 Å². The Balaban J connectivity index is 1.19. The number of nitrogens with one attached hydrogen (secondary N) is 1. The zero-order chi connectivity index (χ0) is 32.0. The number of anilines is 3. The van der Waals surface area contributed by atoms with E-state index in [1.165, 1.54) is 55.4 Å². The smallest absolute Gasteiger partial charge is 0.414 e. The first-order chi connectivity index (χ1) is 21.4. The summed E-state index contributed by atoms with van der Waals surface area (Å²) in [5, 5.41) is 0. The quantitative estimate of drug-likeness (QED) is 0.401. The van der Waals surface area contributed by atoms with Gasteiger partial charge in [-0.15, -0.1) is 0 Å². The summed E-state index contributed by atoms with van der Waals surface area (Å²) < 4.78 is 80.6.